The number of aromatic carboxylic acids is 1. The van der Waals surface area contributed by atoms with E-state index in [0.717, 1.165) is 98.6 Å². The van der Waals surface area contributed by atoms with Crippen molar-refractivity contribution < 1.29 is 49.4 Å². The van der Waals surface area contributed by atoms with Gasteiger partial charge in [-0.1, -0.05) is 105 Å². The maximum Gasteiger partial charge on any atom is 0.337 e. The van der Waals surface area contributed by atoms with Gasteiger partial charge in [-0.25, -0.2) is 4.79 Å². The fourth-order valence-electron chi connectivity index (χ4n) is 13.9. The number of ether oxygens (including phenoxy) is 2. The predicted octanol–water partition coefficient (Wildman–Crippen LogP) is 12.3. The highest BCUT2D eigenvalue weighted by Gasteiger charge is 2.73. The molecule has 8 atom stereocenters. The highest BCUT2D eigenvalue weighted by atomic mass is 32.2. The van der Waals surface area contributed by atoms with Crippen LogP contribution in [0.1, 0.15) is 130 Å². The molecule has 4 heterocycles. The molecule has 1 aromatic heterocycles. The van der Waals surface area contributed by atoms with Gasteiger partial charge in [-0.3, -0.25) is 19.5 Å². The fourth-order valence-corrected chi connectivity index (χ4v) is 15.0. The van der Waals surface area contributed by atoms with Gasteiger partial charge < -0.3 is 49.7 Å². The van der Waals surface area contributed by atoms with Crippen molar-refractivity contribution in [1.82, 2.24) is 19.7 Å². The molecule has 5 aromatic carbocycles. The topological polar surface area (TPSA) is 197 Å². The number of para-hydroxylation sites is 2. The third-order valence-corrected chi connectivity index (χ3v) is 20.1. The molecule has 1 spiro atoms. The number of carboxylic acids is 2. The van der Waals surface area contributed by atoms with E-state index in [1.54, 1.807) is 26.2 Å². The third-order valence-electron chi connectivity index (χ3n) is 19.0. The van der Waals surface area contributed by atoms with Gasteiger partial charge in [-0.15, -0.1) is 0 Å². The Balaban J connectivity index is 0.000000135. The number of phenols is 1. The quantitative estimate of drug-likeness (QED) is 0.0690. The van der Waals surface area contributed by atoms with Gasteiger partial charge in [0.05, 0.1) is 46.6 Å². The summed E-state index contributed by atoms with van der Waals surface area (Å²) in [5.74, 6) is 1.00. The number of piperidine rings is 1. The Morgan fingerprint density at radius 3 is 2.10 bits per heavy atom. The number of anilines is 2. The number of hydrogen-bond acceptors (Lipinski definition) is 14. The zero-order valence-corrected chi connectivity index (χ0v) is 53.6. The third kappa shape index (κ3) is 14.3. The van der Waals surface area contributed by atoms with Crippen LogP contribution in [0, 0.1) is 17.8 Å². The summed E-state index contributed by atoms with van der Waals surface area (Å²) in [5.41, 5.74) is 5.75. The van der Waals surface area contributed by atoms with Gasteiger partial charge >= 0.3 is 11.9 Å². The van der Waals surface area contributed by atoms with Gasteiger partial charge in [0.1, 0.15) is 5.75 Å². The molecule has 4 aliphatic carbocycles. The number of likely N-dealkylation sites (tertiary alicyclic amines) is 1. The van der Waals surface area contributed by atoms with Gasteiger partial charge in [0.25, 0.3) is 0 Å². The Hall–Kier alpha value is -6.79. The molecule has 15 nitrogen and oxygen atoms in total. The van der Waals surface area contributed by atoms with Crippen molar-refractivity contribution in [1.29, 1.82) is 0 Å². The number of aliphatic hydroxyl groups is 2. The molecule has 1 saturated heterocycles. The molecule has 6 aromatic rings. The number of nitrogens with zero attached hydrogens (tertiary/aromatic N) is 5. The van der Waals surface area contributed by atoms with Crippen molar-refractivity contribution in [3.63, 3.8) is 0 Å². The van der Waals surface area contributed by atoms with E-state index < -0.39 is 40.6 Å². The molecule has 13 rings (SSSR count). The SMILES string of the molecule is CC(C)Cc1ccc(C(C)C(=O)O)cc1.CC(CN1c2ccccc2Sc2ccccc21)N(C)C.COc1cccc([C@@]2(O)CCCC[C@@H]2CN(C)C)c1.O=C(O)c1cccnc1.O=C1CC[C@@]2(O)[C@H]3Cc4ccc(O)c5c4[C@@]2(CCN3CC2CC2)[C@H]1O5. The lowest BCUT2D eigenvalue weighted by atomic mass is 9.49. The number of benzene rings is 5. The second-order valence-electron chi connectivity index (χ2n) is 26.0. The molecule has 3 saturated carbocycles. The Morgan fingerprint density at radius 2 is 1.51 bits per heavy atom. The molecule has 470 valence electrons. The highest BCUT2D eigenvalue weighted by Crippen LogP contribution is 2.65. The number of likely N-dealkylation sites (N-methyl/N-ethyl adjacent to an activating group) is 1. The molecular weight excluding hydrogens is 1130 g/mol. The van der Waals surface area contributed by atoms with Crippen LogP contribution in [0.3, 0.4) is 0 Å². The minimum Gasteiger partial charge on any atom is -0.504 e. The summed E-state index contributed by atoms with van der Waals surface area (Å²) in [5, 5.41) is 50.7. The van der Waals surface area contributed by atoms with Crippen LogP contribution >= 0.6 is 11.8 Å². The first-order valence-corrected chi connectivity index (χ1v) is 32.2. The van der Waals surface area contributed by atoms with E-state index in [1.807, 2.05) is 66.4 Å². The first-order valence-electron chi connectivity index (χ1n) is 31.4. The first-order chi connectivity index (χ1) is 42.1. The molecule has 3 aliphatic heterocycles. The summed E-state index contributed by atoms with van der Waals surface area (Å²) >= 11 is 1.87. The van der Waals surface area contributed by atoms with Gasteiger partial charge in [0.15, 0.2) is 23.4 Å². The van der Waals surface area contributed by atoms with E-state index >= 15 is 0 Å². The number of ketones is 1. The number of fused-ring (bicyclic) bond motifs is 2. The van der Waals surface area contributed by atoms with Crippen LogP contribution in [-0.2, 0) is 33.4 Å². The number of aliphatic carboxylic acids is 1. The fraction of sp³-hybridized carbons (Fsp3) is 0.472. The van der Waals surface area contributed by atoms with Gasteiger partial charge in [0.2, 0.25) is 0 Å². The number of carbonyl (C=O) groups is 3. The maximum absolute atomic E-state index is 12.7. The lowest BCUT2D eigenvalue weighted by Crippen LogP contribution is -2.76. The van der Waals surface area contributed by atoms with E-state index in [2.05, 4.69) is 122 Å². The van der Waals surface area contributed by atoms with E-state index in [4.69, 9.17) is 19.7 Å². The number of carbonyl (C=O) groups excluding carboxylic acids is 1. The predicted molar refractivity (Wildman–Crippen MR) is 347 cm³/mol. The van der Waals surface area contributed by atoms with Crippen molar-refractivity contribution in [3.05, 3.63) is 167 Å². The number of hydrogen-bond donors (Lipinski definition) is 5. The number of pyridine rings is 1. The number of Topliss-reactive ketones (excluding diaryl/α,β-unsaturated/α-hetero) is 1. The van der Waals surface area contributed by atoms with E-state index in [0.29, 0.717) is 36.5 Å². The van der Waals surface area contributed by atoms with Crippen molar-refractivity contribution in [2.75, 3.05) is 66.4 Å². The van der Waals surface area contributed by atoms with Gasteiger partial charge in [0, 0.05) is 71.8 Å². The minimum atomic E-state index is -0.942. The van der Waals surface area contributed by atoms with Crippen molar-refractivity contribution in [2.24, 2.45) is 17.8 Å². The van der Waals surface area contributed by atoms with E-state index in [9.17, 15) is 29.7 Å². The van der Waals surface area contributed by atoms with Crippen molar-refractivity contribution in [2.45, 2.75) is 149 Å². The molecule has 0 radical (unpaired) electrons. The summed E-state index contributed by atoms with van der Waals surface area (Å²) in [6.45, 7) is 12.2. The lowest BCUT2D eigenvalue weighted by Gasteiger charge is -2.62. The van der Waals surface area contributed by atoms with Crippen LogP contribution in [0.15, 0.2) is 144 Å². The molecule has 2 unspecified atom stereocenters. The van der Waals surface area contributed by atoms with Gasteiger partial charge in [-0.2, -0.15) is 0 Å². The molecule has 88 heavy (non-hydrogen) atoms. The molecule has 16 heteroatoms. The average Bonchev–Trinajstić information content (AvgIpc) is 1.38. The molecule has 2 bridgehead atoms. The summed E-state index contributed by atoms with van der Waals surface area (Å²) < 4.78 is 11.3. The number of rotatable bonds is 14. The maximum atomic E-state index is 12.7. The Labute approximate surface area is 524 Å². The first kappa shape index (κ1) is 65.7. The number of phenolic OH excluding ortho intramolecular Hbond substituents is 1. The minimum absolute atomic E-state index is 0.0454. The summed E-state index contributed by atoms with van der Waals surface area (Å²) in [6.07, 6.45) is 12.5. The summed E-state index contributed by atoms with van der Waals surface area (Å²) in [6, 6.07) is 40.4. The molecule has 0 amide bonds. The largest absolute Gasteiger partial charge is 0.504 e. The lowest BCUT2D eigenvalue weighted by molar-refractivity contribution is -0.188. The summed E-state index contributed by atoms with van der Waals surface area (Å²) in [4.78, 5) is 49.3. The molecule has 4 fully saturated rings. The van der Waals surface area contributed by atoms with Crippen LogP contribution in [0.5, 0.6) is 17.2 Å². The van der Waals surface area contributed by atoms with Crippen LogP contribution in [-0.4, -0.2) is 148 Å². The summed E-state index contributed by atoms with van der Waals surface area (Å²) in [7, 11) is 10.1. The Bertz CT molecular complexity index is 3310. The van der Waals surface area contributed by atoms with Crippen LogP contribution < -0.4 is 14.4 Å². The Morgan fingerprint density at radius 1 is 0.818 bits per heavy atom. The molecular formula is C72H91N5O10S. The number of aromatic nitrogens is 1. The second kappa shape index (κ2) is 28.4. The van der Waals surface area contributed by atoms with Crippen LogP contribution in [0.2, 0.25) is 0 Å². The monoisotopic (exact) mass is 1220 g/mol. The molecule has 7 aliphatic rings. The number of methoxy groups -OCH3 is 1. The average molecular weight is 1220 g/mol. The molecule has 5 N–H and O–H groups in total. The normalized spacial score (nSPS) is 24.2. The van der Waals surface area contributed by atoms with Crippen molar-refractivity contribution in [3.8, 4) is 17.2 Å². The highest BCUT2D eigenvalue weighted by molar-refractivity contribution is 7.99. The van der Waals surface area contributed by atoms with Crippen molar-refractivity contribution >= 4 is 40.9 Å². The van der Waals surface area contributed by atoms with E-state index in [1.165, 1.54) is 64.5 Å². The number of carboxylic acid groups (broad SMARTS) is 2. The zero-order valence-electron chi connectivity index (χ0n) is 52.8. The van der Waals surface area contributed by atoms with Gasteiger partial charge in [-0.05, 0) is 189 Å². The van der Waals surface area contributed by atoms with Crippen LogP contribution in [0.4, 0.5) is 11.4 Å². The van der Waals surface area contributed by atoms with Crippen LogP contribution in [0.25, 0.3) is 0 Å². The second-order valence-corrected chi connectivity index (χ2v) is 27.1. The zero-order chi connectivity index (χ0) is 63.1. The standard InChI is InChI=1S/C20H23NO4.C17H20N2S.C16H25NO2.C13H18O2.C6H5NO2/c22-13-4-3-12-9-15-20(24)6-5-14(23)18-19(20,16(12)17(13)25-18)7-8-21(15)10-11-1-2-11;1-13(18(2)3)12-19-14-8-4-6-10-16(14)20-17-11-7-5-9-15(17)19;1-17(2)12-14-7-4-5-10-16(14,18)13-8-6-9-15(11-13)19-3;1-9(2)8-11-4-6-12(7-5-11)10(3)13(14)15;8-6(9)5-2-1-3-7-4-5/h3-4,11,15,18,22,24H,1-2,5-10H2;4-11,13H,12H2,1-3H3;6,8-9,11,14,18H,4-5,7,10,12H2,1-3H3;4-7,9-10H,8H2,1-3H3,(H,14,15);1-4H,(H,8,9)/t15-,18+,19+,20-;;14-,16+;;/m1.1../s1. The van der Waals surface area contributed by atoms with E-state index in [-0.39, 0.29) is 23.1 Å². The number of aromatic hydroxyl groups is 1. The Kier molecular flexibility index (Phi) is 21.2. The smallest absolute Gasteiger partial charge is 0.337 e.